The maximum atomic E-state index is 2.70. The normalized spacial score (nSPS) is 15.2. The molecule has 53 heavy (non-hydrogen) atoms. The third kappa shape index (κ3) is 8.32. The van der Waals surface area contributed by atoms with E-state index in [0.717, 1.165) is 0 Å². The monoisotopic (exact) mass is 718 g/mol. The van der Waals surface area contributed by atoms with E-state index >= 15 is 0 Å². The summed E-state index contributed by atoms with van der Waals surface area (Å²) in [7, 11) is -2.30. The van der Waals surface area contributed by atoms with E-state index in [1.54, 1.807) is 21.5 Å². The average Bonchev–Trinajstić information content (AvgIpc) is 3.77. The Hall–Kier alpha value is -3.42. The number of unbranched alkanes of at least 4 members (excludes halogenated alkanes) is 6. The lowest BCUT2D eigenvalue weighted by molar-refractivity contribution is 0.667. The van der Waals surface area contributed by atoms with Crippen LogP contribution in [0.25, 0.3) is 32.6 Å². The zero-order valence-corrected chi connectivity index (χ0v) is 35.4. The minimum atomic E-state index is -2.30. The number of benzene rings is 4. The van der Waals surface area contributed by atoms with Gasteiger partial charge in [0.2, 0.25) is 0 Å². The van der Waals surface area contributed by atoms with Gasteiger partial charge in [-0.15, -0.1) is 0 Å². The van der Waals surface area contributed by atoms with Gasteiger partial charge in [-0.05, 0) is 116 Å². The second-order valence-electron chi connectivity index (χ2n) is 16.7. The van der Waals surface area contributed by atoms with Gasteiger partial charge in [-0.2, -0.15) is 0 Å². The predicted molar refractivity (Wildman–Crippen MR) is 237 cm³/mol. The first-order valence-corrected chi connectivity index (χ1v) is 24.4. The van der Waals surface area contributed by atoms with Crippen LogP contribution in [0.1, 0.15) is 164 Å². The molecule has 0 amide bonds. The van der Waals surface area contributed by atoms with Crippen LogP contribution in [0.2, 0.25) is 13.1 Å². The minimum absolute atomic E-state index is 0.581. The maximum Gasteiger partial charge on any atom is 0.113 e. The summed E-state index contributed by atoms with van der Waals surface area (Å²) in [6, 6.07) is 33.4. The highest BCUT2D eigenvalue weighted by atomic mass is 28.3. The number of rotatable bonds is 18. The molecule has 0 aliphatic heterocycles. The Balaban J connectivity index is 1.53. The van der Waals surface area contributed by atoms with Crippen LogP contribution >= 0.6 is 0 Å². The van der Waals surface area contributed by atoms with Gasteiger partial charge in [-0.25, -0.2) is 0 Å². The number of fused-ring (bicyclic) bond motifs is 2. The van der Waals surface area contributed by atoms with Crippen LogP contribution in [0.4, 0.5) is 0 Å². The molecule has 0 spiro atoms. The zero-order valence-electron chi connectivity index (χ0n) is 34.4. The van der Waals surface area contributed by atoms with Crippen LogP contribution in [0.15, 0.2) is 96.1 Å². The maximum absolute atomic E-state index is 2.70. The number of hydrogen-bond donors (Lipinski definition) is 0. The minimum Gasteiger partial charge on any atom is -0.0654 e. The first kappa shape index (κ1) is 39.3. The standard InChI is InChI=1S/C52H66Si/c1-9-13-15-17-21-45-35-43-23-19-25-47(41-31-27-39(28-32-41)37(5)11-3)49(43)51(45)53(7,8)52-46(22-18-16-14-10-2)36-44-24-20-26-48(50(44)52)42-33-29-40(30-34-42)38(6)12-4/h19-20,23-38H,9-18,21-22H2,1-8H3. The van der Waals surface area contributed by atoms with Gasteiger partial charge in [0.25, 0.3) is 0 Å². The van der Waals surface area contributed by atoms with Crippen molar-refractivity contribution in [3.8, 4) is 22.3 Å². The van der Waals surface area contributed by atoms with Crippen molar-refractivity contribution in [2.75, 3.05) is 0 Å². The Morgan fingerprint density at radius 1 is 0.472 bits per heavy atom. The first-order chi connectivity index (χ1) is 25.7. The largest absolute Gasteiger partial charge is 0.113 e. The number of hydrogen-bond acceptors (Lipinski definition) is 0. The van der Waals surface area contributed by atoms with Crippen molar-refractivity contribution in [3.63, 3.8) is 0 Å². The lowest BCUT2D eigenvalue weighted by Crippen LogP contribution is -2.32. The van der Waals surface area contributed by atoms with Crippen molar-refractivity contribution >= 4 is 18.5 Å². The Morgan fingerprint density at radius 3 is 1.23 bits per heavy atom. The summed E-state index contributed by atoms with van der Waals surface area (Å²) >= 11 is 0. The summed E-state index contributed by atoms with van der Waals surface area (Å²) in [4.78, 5) is 0. The van der Waals surface area contributed by atoms with E-state index in [1.165, 1.54) is 133 Å². The zero-order chi connectivity index (χ0) is 37.5. The highest BCUT2D eigenvalue weighted by Gasteiger charge is 2.43. The van der Waals surface area contributed by atoms with Crippen molar-refractivity contribution in [2.24, 2.45) is 0 Å². The summed E-state index contributed by atoms with van der Waals surface area (Å²) in [5, 5.41) is 3.38. The van der Waals surface area contributed by atoms with E-state index in [4.69, 9.17) is 0 Å². The highest BCUT2D eigenvalue weighted by Crippen LogP contribution is 2.54. The van der Waals surface area contributed by atoms with E-state index in [0.29, 0.717) is 11.8 Å². The molecule has 2 atom stereocenters. The fourth-order valence-electron chi connectivity index (χ4n) is 9.15. The van der Waals surface area contributed by atoms with Gasteiger partial charge in [-0.3, -0.25) is 0 Å². The van der Waals surface area contributed by atoms with Crippen LogP contribution in [-0.2, 0) is 0 Å². The molecule has 2 radical (unpaired) electrons. The molecule has 278 valence electrons. The van der Waals surface area contributed by atoms with Gasteiger partial charge < -0.3 is 0 Å². The van der Waals surface area contributed by atoms with Crippen molar-refractivity contribution in [1.82, 2.24) is 0 Å². The Kier molecular flexibility index (Phi) is 13.2. The third-order valence-electron chi connectivity index (χ3n) is 12.7. The molecule has 0 heterocycles. The van der Waals surface area contributed by atoms with E-state index < -0.39 is 8.07 Å². The molecule has 0 nitrogen and oxygen atoms in total. The van der Waals surface area contributed by atoms with Crippen molar-refractivity contribution in [1.29, 1.82) is 0 Å². The van der Waals surface area contributed by atoms with Gasteiger partial charge in [0.1, 0.15) is 8.07 Å². The first-order valence-electron chi connectivity index (χ1n) is 21.4. The fraction of sp³-hybridized carbons (Fsp3) is 0.423. The Labute approximate surface area is 325 Å². The van der Waals surface area contributed by atoms with Crippen LogP contribution in [0, 0.1) is 12.8 Å². The summed E-state index contributed by atoms with van der Waals surface area (Å²) < 4.78 is 0. The lowest BCUT2D eigenvalue weighted by Gasteiger charge is -2.33. The lowest BCUT2D eigenvalue weighted by atomic mass is 9.93. The van der Waals surface area contributed by atoms with Crippen LogP contribution in [-0.4, -0.2) is 8.07 Å². The molecule has 2 aliphatic carbocycles. The molecule has 0 aromatic heterocycles. The predicted octanol–water partition coefficient (Wildman–Crippen LogP) is 16.1. The van der Waals surface area contributed by atoms with Crippen molar-refractivity contribution in [2.45, 2.75) is 144 Å². The van der Waals surface area contributed by atoms with Crippen LogP contribution in [0.5, 0.6) is 0 Å². The van der Waals surface area contributed by atoms with Gasteiger partial charge in [0, 0.05) is 12.8 Å². The van der Waals surface area contributed by atoms with Crippen LogP contribution in [0.3, 0.4) is 0 Å². The molecule has 0 saturated heterocycles. The SMILES string of the molecule is CCCCCCC1=C([Si](C)(C)C2=C(CCCCCC)[CH]c3cccc(-c4ccc(C(C)CC)cc4)c32)c2c(cccc2-c2ccc(C(C)CC)cc2)[CH]1. The van der Waals surface area contributed by atoms with Crippen molar-refractivity contribution in [3.05, 3.63) is 142 Å². The van der Waals surface area contributed by atoms with Gasteiger partial charge >= 0.3 is 0 Å². The van der Waals surface area contributed by atoms with E-state index in [9.17, 15) is 0 Å². The quantitative estimate of drug-likeness (QED) is 0.0710. The average molecular weight is 719 g/mol. The molecule has 0 saturated carbocycles. The molecular weight excluding hydrogens is 653 g/mol. The van der Waals surface area contributed by atoms with Gasteiger partial charge in [0.05, 0.1) is 0 Å². The molecule has 2 unspecified atom stereocenters. The topological polar surface area (TPSA) is 0 Å². The number of allylic oxidation sites excluding steroid dienone is 2. The summed E-state index contributed by atoms with van der Waals surface area (Å²) in [5.74, 6) is 1.16. The van der Waals surface area contributed by atoms with Gasteiger partial charge in [-0.1, -0.05) is 189 Å². The van der Waals surface area contributed by atoms with Crippen LogP contribution < -0.4 is 0 Å². The molecule has 4 aromatic rings. The molecule has 0 N–H and O–H groups in total. The van der Waals surface area contributed by atoms with E-state index in [2.05, 4.69) is 152 Å². The molecule has 1 heteroatoms. The molecular formula is C52H66Si. The van der Waals surface area contributed by atoms with Gasteiger partial charge in [0.15, 0.2) is 0 Å². The summed E-state index contributed by atoms with van der Waals surface area (Å²) in [6.07, 6.45) is 20.2. The molecule has 0 fully saturated rings. The highest BCUT2D eigenvalue weighted by molar-refractivity contribution is 7.09. The van der Waals surface area contributed by atoms with E-state index in [-0.39, 0.29) is 0 Å². The summed E-state index contributed by atoms with van der Waals surface area (Å²) in [6.45, 7) is 19.3. The van der Waals surface area contributed by atoms with Crippen molar-refractivity contribution < 1.29 is 0 Å². The molecule has 6 rings (SSSR count). The molecule has 0 bridgehead atoms. The summed E-state index contributed by atoms with van der Waals surface area (Å²) in [5.41, 5.74) is 17.5. The smallest absolute Gasteiger partial charge is 0.0654 e. The third-order valence-corrected chi connectivity index (χ3v) is 16.3. The fourth-order valence-corrected chi connectivity index (χ4v) is 13.2. The van der Waals surface area contributed by atoms with E-state index in [1.807, 2.05) is 0 Å². The molecule has 4 aromatic carbocycles. The Bertz CT molecular complexity index is 1760. The Morgan fingerprint density at radius 2 is 0.868 bits per heavy atom. The second kappa shape index (κ2) is 17.8. The molecule has 2 aliphatic rings. The second-order valence-corrected chi connectivity index (χ2v) is 21.0.